The smallest absolute Gasteiger partial charge is 0.263 e. The van der Waals surface area contributed by atoms with Gasteiger partial charge in [-0.3, -0.25) is 9.52 Å². The minimum Gasteiger partial charge on any atom is -0.352 e. The number of benzene rings is 1. The van der Waals surface area contributed by atoms with Gasteiger partial charge in [0.2, 0.25) is 5.91 Å². The average Bonchev–Trinajstić information content (AvgIpc) is 3.13. The van der Waals surface area contributed by atoms with Crippen LogP contribution in [0.1, 0.15) is 12.1 Å². The van der Waals surface area contributed by atoms with E-state index in [1.54, 1.807) is 5.38 Å². The number of thiazole rings is 1. The van der Waals surface area contributed by atoms with Gasteiger partial charge < -0.3 is 5.32 Å². The Kier molecular flexibility index (Phi) is 5.75. The molecule has 146 valence electrons. The van der Waals surface area contributed by atoms with E-state index in [9.17, 15) is 21.6 Å². The van der Waals surface area contributed by atoms with Crippen LogP contribution >= 0.6 is 22.9 Å². The largest absolute Gasteiger partial charge is 0.352 e. The number of sulfone groups is 1. The summed E-state index contributed by atoms with van der Waals surface area (Å²) in [5.74, 6) is -0.331. The minimum absolute atomic E-state index is 0.0452. The monoisotopic (exact) mass is 449 g/mol. The van der Waals surface area contributed by atoms with Gasteiger partial charge in [-0.05, 0) is 30.7 Å². The maximum absolute atomic E-state index is 12.3. The van der Waals surface area contributed by atoms with Crippen LogP contribution in [0, 0.1) is 0 Å². The van der Waals surface area contributed by atoms with Gasteiger partial charge >= 0.3 is 0 Å². The summed E-state index contributed by atoms with van der Waals surface area (Å²) in [5.41, 5.74) is 0.396. The minimum atomic E-state index is -3.80. The lowest BCUT2D eigenvalue weighted by Gasteiger charge is -2.09. The van der Waals surface area contributed by atoms with Crippen LogP contribution in [0.5, 0.6) is 0 Å². The van der Waals surface area contributed by atoms with Gasteiger partial charge in [-0.2, -0.15) is 0 Å². The van der Waals surface area contributed by atoms with E-state index in [0.717, 1.165) is 11.3 Å². The SMILES string of the molecule is O=C(Cc1csc(NS(=O)(=O)c2ccc(Cl)cc2)n1)N[C@H]1CCS(=O)(=O)C1. The van der Waals surface area contributed by atoms with E-state index >= 15 is 0 Å². The summed E-state index contributed by atoms with van der Waals surface area (Å²) < 4.78 is 49.8. The average molecular weight is 450 g/mol. The van der Waals surface area contributed by atoms with Crippen molar-refractivity contribution in [3.63, 3.8) is 0 Å². The molecule has 12 heteroatoms. The van der Waals surface area contributed by atoms with Crippen LogP contribution in [-0.2, 0) is 31.1 Å². The lowest BCUT2D eigenvalue weighted by Crippen LogP contribution is -2.36. The van der Waals surface area contributed by atoms with E-state index in [1.165, 1.54) is 24.3 Å². The summed E-state index contributed by atoms with van der Waals surface area (Å²) >= 11 is 6.81. The van der Waals surface area contributed by atoms with Crippen LogP contribution in [0.25, 0.3) is 0 Å². The lowest BCUT2D eigenvalue weighted by atomic mass is 10.2. The number of aromatic nitrogens is 1. The molecule has 8 nitrogen and oxygen atoms in total. The van der Waals surface area contributed by atoms with Crippen molar-refractivity contribution in [2.45, 2.75) is 23.8 Å². The molecule has 1 amide bonds. The predicted molar refractivity (Wildman–Crippen MR) is 103 cm³/mol. The number of nitrogens with one attached hydrogen (secondary N) is 2. The van der Waals surface area contributed by atoms with Gasteiger partial charge in [0.1, 0.15) is 0 Å². The molecule has 2 N–H and O–H groups in total. The highest BCUT2D eigenvalue weighted by Gasteiger charge is 2.29. The second-order valence-corrected chi connectivity index (χ2v) is 11.3. The molecule has 1 atom stereocenters. The fourth-order valence-electron chi connectivity index (χ4n) is 2.57. The number of sulfonamides is 1. The molecule has 1 aromatic carbocycles. The molecular formula is C15H16ClN3O5S3. The zero-order valence-corrected chi connectivity index (χ0v) is 17.1. The van der Waals surface area contributed by atoms with Crippen molar-refractivity contribution in [2.24, 2.45) is 0 Å². The van der Waals surface area contributed by atoms with E-state index in [-0.39, 0.29) is 39.9 Å². The van der Waals surface area contributed by atoms with Crippen LogP contribution in [0.2, 0.25) is 5.02 Å². The summed E-state index contributed by atoms with van der Waals surface area (Å²) in [6, 6.07) is 5.31. The molecule has 1 aliphatic heterocycles. The number of carbonyl (C=O) groups excluding carboxylic acids is 1. The Morgan fingerprint density at radius 2 is 2.00 bits per heavy atom. The van der Waals surface area contributed by atoms with Gasteiger partial charge in [-0.25, -0.2) is 21.8 Å². The van der Waals surface area contributed by atoms with Crippen molar-refractivity contribution in [1.82, 2.24) is 10.3 Å². The highest BCUT2D eigenvalue weighted by Crippen LogP contribution is 2.21. The first-order valence-corrected chi connectivity index (χ1v) is 12.4. The van der Waals surface area contributed by atoms with Gasteiger partial charge in [0, 0.05) is 16.4 Å². The summed E-state index contributed by atoms with van der Waals surface area (Å²) in [4.78, 5) is 16.2. The molecule has 0 spiro atoms. The first-order valence-electron chi connectivity index (χ1n) is 7.85. The summed E-state index contributed by atoms with van der Waals surface area (Å²) in [7, 11) is -6.88. The van der Waals surface area contributed by atoms with Crippen molar-refractivity contribution < 1.29 is 21.6 Å². The van der Waals surface area contributed by atoms with Gasteiger partial charge in [0.05, 0.1) is 28.5 Å². The fourth-order valence-corrected chi connectivity index (χ4v) is 6.34. The van der Waals surface area contributed by atoms with Crippen molar-refractivity contribution in [3.05, 3.63) is 40.4 Å². The molecule has 2 aromatic rings. The normalized spacial score (nSPS) is 18.9. The highest BCUT2D eigenvalue weighted by atomic mass is 35.5. The number of carbonyl (C=O) groups is 1. The zero-order valence-electron chi connectivity index (χ0n) is 13.9. The number of halogens is 1. The third-order valence-electron chi connectivity index (χ3n) is 3.84. The van der Waals surface area contributed by atoms with E-state index in [1.807, 2.05) is 0 Å². The first kappa shape index (κ1) is 20.1. The second kappa shape index (κ2) is 7.74. The van der Waals surface area contributed by atoms with Gasteiger partial charge in [-0.1, -0.05) is 11.6 Å². The predicted octanol–water partition coefficient (Wildman–Crippen LogP) is 1.44. The molecule has 0 bridgehead atoms. The third-order valence-corrected chi connectivity index (χ3v) is 8.15. The molecule has 0 radical (unpaired) electrons. The Bertz CT molecular complexity index is 1050. The quantitative estimate of drug-likeness (QED) is 0.688. The molecule has 0 unspecified atom stereocenters. The van der Waals surface area contributed by atoms with Crippen molar-refractivity contribution in [2.75, 3.05) is 16.2 Å². The molecule has 1 aromatic heterocycles. The maximum Gasteiger partial charge on any atom is 0.263 e. The van der Waals surface area contributed by atoms with Crippen LogP contribution in [0.4, 0.5) is 5.13 Å². The topological polar surface area (TPSA) is 122 Å². The van der Waals surface area contributed by atoms with Crippen LogP contribution in [-0.4, -0.2) is 45.3 Å². The van der Waals surface area contributed by atoms with Crippen molar-refractivity contribution in [1.29, 1.82) is 0 Å². The molecule has 1 aliphatic rings. The first-order chi connectivity index (χ1) is 12.6. The Morgan fingerprint density at radius 1 is 1.30 bits per heavy atom. The van der Waals surface area contributed by atoms with Crippen molar-refractivity contribution >= 4 is 53.8 Å². The summed E-state index contributed by atoms with van der Waals surface area (Å²) in [5, 5.41) is 4.80. The van der Waals surface area contributed by atoms with E-state index in [0.29, 0.717) is 17.1 Å². The highest BCUT2D eigenvalue weighted by molar-refractivity contribution is 7.93. The van der Waals surface area contributed by atoms with Crippen LogP contribution < -0.4 is 10.0 Å². The number of rotatable bonds is 6. The molecule has 27 heavy (non-hydrogen) atoms. The van der Waals surface area contributed by atoms with Gasteiger partial charge in [-0.15, -0.1) is 11.3 Å². The molecule has 3 rings (SSSR count). The Morgan fingerprint density at radius 3 is 2.63 bits per heavy atom. The number of hydrogen-bond donors (Lipinski definition) is 2. The van der Waals surface area contributed by atoms with Crippen LogP contribution in [0.15, 0.2) is 34.5 Å². The van der Waals surface area contributed by atoms with E-state index < -0.39 is 19.9 Å². The summed E-state index contributed by atoms with van der Waals surface area (Å²) in [6.07, 6.45) is 0.340. The summed E-state index contributed by atoms with van der Waals surface area (Å²) in [6.45, 7) is 0. The Labute approximate surface area is 165 Å². The van der Waals surface area contributed by atoms with Crippen LogP contribution in [0.3, 0.4) is 0 Å². The molecule has 1 saturated heterocycles. The molecule has 1 fully saturated rings. The standard InChI is InChI=1S/C15H16ClN3O5S3/c16-10-1-3-13(4-2-10)27(23,24)19-15-18-12(8-25-15)7-14(20)17-11-5-6-26(21,22)9-11/h1-4,8,11H,5-7,9H2,(H,17,20)(H,18,19)/t11-/m0/s1. The number of nitrogens with zero attached hydrogens (tertiary/aromatic N) is 1. The molecular weight excluding hydrogens is 434 g/mol. The fraction of sp³-hybridized carbons (Fsp3) is 0.333. The molecule has 0 aliphatic carbocycles. The van der Waals surface area contributed by atoms with Gasteiger partial charge in [0.25, 0.3) is 10.0 Å². The molecule has 0 saturated carbocycles. The third kappa shape index (κ3) is 5.41. The lowest BCUT2D eigenvalue weighted by molar-refractivity contribution is -0.121. The Balaban J connectivity index is 1.59. The van der Waals surface area contributed by atoms with Crippen molar-refractivity contribution in [3.8, 4) is 0 Å². The zero-order chi connectivity index (χ0) is 19.7. The number of anilines is 1. The number of hydrogen-bond acceptors (Lipinski definition) is 7. The number of amides is 1. The van der Waals surface area contributed by atoms with E-state index in [2.05, 4.69) is 15.0 Å². The second-order valence-electron chi connectivity index (χ2n) is 6.05. The Hall–Kier alpha value is -1.69. The molecule has 2 heterocycles. The van der Waals surface area contributed by atoms with E-state index in [4.69, 9.17) is 11.6 Å². The maximum atomic E-state index is 12.3. The van der Waals surface area contributed by atoms with Gasteiger partial charge in [0.15, 0.2) is 15.0 Å².